The highest BCUT2D eigenvalue weighted by Gasteiger charge is 2.26. The van der Waals surface area contributed by atoms with Crippen molar-refractivity contribution in [2.45, 2.75) is 45.2 Å². The van der Waals surface area contributed by atoms with Crippen LogP contribution in [0.5, 0.6) is 0 Å². The molecule has 1 aliphatic heterocycles. The Labute approximate surface area is 114 Å². The van der Waals surface area contributed by atoms with E-state index in [1.165, 1.54) is 0 Å². The van der Waals surface area contributed by atoms with Crippen LogP contribution in [0, 0.1) is 5.92 Å². The van der Waals surface area contributed by atoms with Crippen molar-refractivity contribution in [1.82, 2.24) is 20.4 Å². The highest BCUT2D eigenvalue weighted by molar-refractivity contribution is 5.81. The van der Waals surface area contributed by atoms with E-state index < -0.39 is 0 Å². The van der Waals surface area contributed by atoms with E-state index >= 15 is 0 Å². The third-order valence-corrected chi connectivity index (χ3v) is 3.77. The summed E-state index contributed by atoms with van der Waals surface area (Å²) in [6.45, 7) is 5.17. The third kappa shape index (κ3) is 3.56. The molecule has 0 bridgehead atoms. The average molecular weight is 264 g/mol. The van der Waals surface area contributed by atoms with Crippen LogP contribution in [0.25, 0.3) is 0 Å². The van der Waals surface area contributed by atoms with Gasteiger partial charge in [0, 0.05) is 19.3 Å². The van der Waals surface area contributed by atoms with E-state index in [2.05, 4.69) is 35.6 Å². The Morgan fingerprint density at radius 1 is 1.63 bits per heavy atom. The van der Waals surface area contributed by atoms with Gasteiger partial charge in [-0.1, -0.05) is 0 Å². The quantitative estimate of drug-likeness (QED) is 0.857. The van der Waals surface area contributed by atoms with Gasteiger partial charge in [0.2, 0.25) is 5.91 Å². The lowest BCUT2D eigenvalue weighted by Gasteiger charge is -2.28. The fraction of sp³-hybridized carbons (Fsp3) is 0.714. The predicted octanol–water partition coefficient (Wildman–Crippen LogP) is 1.12. The fourth-order valence-electron chi connectivity index (χ4n) is 2.63. The molecule has 19 heavy (non-hydrogen) atoms. The van der Waals surface area contributed by atoms with Gasteiger partial charge in [-0.15, -0.1) is 0 Å². The smallest absolute Gasteiger partial charge is 0.236 e. The van der Waals surface area contributed by atoms with Crippen molar-refractivity contribution in [3.8, 4) is 0 Å². The lowest BCUT2D eigenvalue weighted by Crippen LogP contribution is -2.48. The summed E-state index contributed by atoms with van der Waals surface area (Å²) in [4.78, 5) is 11.7. The van der Waals surface area contributed by atoms with Crippen molar-refractivity contribution in [3.63, 3.8) is 0 Å². The fourth-order valence-corrected chi connectivity index (χ4v) is 2.63. The number of carbonyl (C=O) groups excluding carboxylic acids is 1. The molecule has 1 aliphatic rings. The summed E-state index contributed by atoms with van der Waals surface area (Å²) >= 11 is 0. The number of aromatic nitrogens is 2. The van der Waals surface area contributed by atoms with Gasteiger partial charge in [-0.05, 0) is 51.6 Å². The molecule has 1 fully saturated rings. The van der Waals surface area contributed by atoms with Crippen LogP contribution in [0.3, 0.4) is 0 Å². The molecule has 5 heteroatoms. The number of amides is 1. The summed E-state index contributed by atoms with van der Waals surface area (Å²) in [6, 6.07) is 2.45. The number of nitrogens with zero attached hydrogens (tertiary/aromatic N) is 2. The molecule has 1 amide bonds. The third-order valence-electron chi connectivity index (χ3n) is 3.77. The zero-order valence-electron chi connectivity index (χ0n) is 12.0. The van der Waals surface area contributed by atoms with Crippen molar-refractivity contribution in [2.75, 3.05) is 13.6 Å². The molecular formula is C14H24N4O. The second kappa shape index (κ2) is 6.19. The minimum Gasteiger partial charge on any atom is -0.358 e. The van der Waals surface area contributed by atoms with Crippen LogP contribution in [0.4, 0.5) is 0 Å². The van der Waals surface area contributed by atoms with E-state index in [9.17, 15) is 4.79 Å². The predicted molar refractivity (Wildman–Crippen MR) is 74.9 cm³/mol. The first-order valence-electron chi connectivity index (χ1n) is 7.09. The minimum atomic E-state index is -0.0454. The molecule has 2 heterocycles. The second-order valence-corrected chi connectivity index (χ2v) is 5.60. The molecule has 0 saturated carbocycles. The molecule has 2 rings (SSSR count). The number of nitrogens with one attached hydrogen (secondary N) is 2. The molecule has 1 saturated heterocycles. The van der Waals surface area contributed by atoms with Gasteiger partial charge in [0.15, 0.2) is 0 Å². The van der Waals surface area contributed by atoms with Crippen LogP contribution in [-0.4, -0.2) is 35.3 Å². The zero-order chi connectivity index (χ0) is 13.8. The lowest BCUT2D eigenvalue weighted by atomic mass is 9.88. The van der Waals surface area contributed by atoms with Crippen LogP contribution in [0.1, 0.15) is 38.4 Å². The topological polar surface area (TPSA) is 59.0 Å². The molecule has 1 aromatic heterocycles. The van der Waals surface area contributed by atoms with Gasteiger partial charge in [-0.3, -0.25) is 9.48 Å². The van der Waals surface area contributed by atoms with Gasteiger partial charge in [0.25, 0.3) is 0 Å². The van der Waals surface area contributed by atoms with E-state index in [4.69, 9.17) is 0 Å². The van der Waals surface area contributed by atoms with Crippen LogP contribution in [0.15, 0.2) is 12.3 Å². The first-order chi connectivity index (χ1) is 9.10. The monoisotopic (exact) mass is 264 g/mol. The molecule has 0 radical (unpaired) electrons. The van der Waals surface area contributed by atoms with Gasteiger partial charge in [-0.2, -0.15) is 5.10 Å². The maximum absolute atomic E-state index is 11.7. The summed E-state index contributed by atoms with van der Waals surface area (Å²) < 4.78 is 1.99. The molecule has 1 aromatic rings. The number of likely N-dealkylation sites (N-methyl/N-ethyl adjacent to an activating group) is 1. The summed E-state index contributed by atoms with van der Waals surface area (Å²) in [5.41, 5.74) is 1.14. The van der Waals surface area contributed by atoms with Gasteiger partial charge in [0.1, 0.15) is 0 Å². The van der Waals surface area contributed by atoms with Gasteiger partial charge < -0.3 is 10.6 Å². The van der Waals surface area contributed by atoms with E-state index in [-0.39, 0.29) is 11.9 Å². The van der Waals surface area contributed by atoms with E-state index in [1.807, 2.05) is 10.9 Å². The number of rotatable bonds is 4. The highest BCUT2D eigenvalue weighted by atomic mass is 16.2. The largest absolute Gasteiger partial charge is 0.358 e. The molecule has 2 atom stereocenters. The van der Waals surface area contributed by atoms with E-state index in [0.29, 0.717) is 12.0 Å². The zero-order valence-corrected chi connectivity index (χ0v) is 12.0. The normalized spacial score (nSPS) is 23.6. The first-order valence-corrected chi connectivity index (χ1v) is 7.09. The van der Waals surface area contributed by atoms with Gasteiger partial charge in [0.05, 0.1) is 11.7 Å². The van der Waals surface area contributed by atoms with Crippen LogP contribution in [-0.2, 0) is 11.2 Å². The molecule has 0 spiro atoms. The first kappa shape index (κ1) is 14.1. The molecule has 5 nitrogen and oxygen atoms in total. The van der Waals surface area contributed by atoms with Crippen molar-refractivity contribution in [1.29, 1.82) is 0 Å². The van der Waals surface area contributed by atoms with Gasteiger partial charge >= 0.3 is 0 Å². The molecule has 0 aromatic carbocycles. The Bertz CT molecular complexity index is 427. The molecular weight excluding hydrogens is 240 g/mol. The Hall–Kier alpha value is -1.36. The number of piperidine rings is 1. The van der Waals surface area contributed by atoms with Crippen molar-refractivity contribution in [2.24, 2.45) is 5.92 Å². The van der Waals surface area contributed by atoms with E-state index in [1.54, 1.807) is 7.05 Å². The molecule has 0 aliphatic carbocycles. The summed E-state index contributed by atoms with van der Waals surface area (Å²) in [5.74, 6) is 0.636. The number of carbonyl (C=O) groups is 1. The highest BCUT2D eigenvalue weighted by Crippen LogP contribution is 2.21. The minimum absolute atomic E-state index is 0.0454. The molecule has 2 unspecified atom stereocenters. The van der Waals surface area contributed by atoms with Crippen LogP contribution in [0.2, 0.25) is 0 Å². The average Bonchev–Trinajstić information content (AvgIpc) is 2.87. The lowest BCUT2D eigenvalue weighted by molar-refractivity contribution is -0.123. The maximum Gasteiger partial charge on any atom is 0.236 e. The van der Waals surface area contributed by atoms with Crippen molar-refractivity contribution < 1.29 is 4.79 Å². The Morgan fingerprint density at radius 3 is 3.05 bits per heavy atom. The summed E-state index contributed by atoms with van der Waals surface area (Å²) in [7, 11) is 1.69. The number of hydrogen-bond donors (Lipinski definition) is 2. The van der Waals surface area contributed by atoms with Gasteiger partial charge in [-0.25, -0.2) is 0 Å². The summed E-state index contributed by atoms with van der Waals surface area (Å²) in [6.07, 6.45) is 5.02. The second-order valence-electron chi connectivity index (χ2n) is 5.60. The number of hydrogen-bond acceptors (Lipinski definition) is 3. The Balaban J connectivity index is 1.92. The maximum atomic E-state index is 11.7. The summed E-state index contributed by atoms with van der Waals surface area (Å²) in [5, 5.41) is 10.6. The standard InChI is InChI=1S/C14H24N4O/c1-10(2)18-7-5-12(17-18)8-11-4-6-16-13(9-11)14(19)15-3/h5,7,10-11,13,16H,4,6,8-9H2,1-3H3,(H,15,19). The van der Waals surface area contributed by atoms with Crippen LogP contribution < -0.4 is 10.6 Å². The molecule has 2 N–H and O–H groups in total. The van der Waals surface area contributed by atoms with Crippen molar-refractivity contribution in [3.05, 3.63) is 18.0 Å². The Morgan fingerprint density at radius 2 is 2.42 bits per heavy atom. The van der Waals surface area contributed by atoms with E-state index in [0.717, 1.165) is 31.5 Å². The van der Waals surface area contributed by atoms with Crippen LogP contribution >= 0.6 is 0 Å². The van der Waals surface area contributed by atoms with Crippen molar-refractivity contribution >= 4 is 5.91 Å². The SMILES string of the molecule is CNC(=O)C1CC(Cc2ccn(C(C)C)n2)CCN1. The molecule has 106 valence electrons. The Kier molecular flexibility index (Phi) is 4.58.